The van der Waals surface area contributed by atoms with E-state index in [0.29, 0.717) is 23.2 Å². The van der Waals surface area contributed by atoms with Crippen LogP contribution in [0.25, 0.3) is 92.6 Å². The quantitative estimate of drug-likeness (QED) is 0.166. The fraction of sp³-hybridized carbons (Fsp3) is 0. The zero-order chi connectivity index (χ0) is 34.1. The molecule has 0 bridgehead atoms. The highest BCUT2D eigenvalue weighted by molar-refractivity contribution is 7.26. The van der Waals surface area contributed by atoms with Crippen molar-refractivity contribution in [2.24, 2.45) is 0 Å². The van der Waals surface area contributed by atoms with Gasteiger partial charge in [-0.25, -0.2) is 19.8 Å². The second kappa shape index (κ2) is 12.9. The Hall–Kier alpha value is -6.74. The van der Waals surface area contributed by atoms with Gasteiger partial charge in [-0.1, -0.05) is 146 Å². The van der Waals surface area contributed by atoms with Gasteiger partial charge in [-0.05, 0) is 57.6 Å². The average Bonchev–Trinajstić information content (AvgIpc) is 3.60. The highest BCUT2D eigenvalue weighted by Gasteiger charge is 2.17. The maximum Gasteiger partial charge on any atom is 0.194 e. The number of aromatic nitrogens is 3. The summed E-state index contributed by atoms with van der Waals surface area (Å²) in [6.07, 6.45) is 0. The molecule has 0 spiro atoms. The van der Waals surface area contributed by atoms with Crippen LogP contribution in [0.3, 0.4) is 0 Å². The molecule has 0 saturated carbocycles. The van der Waals surface area contributed by atoms with Crippen LogP contribution in [0.4, 0.5) is 5.69 Å². The van der Waals surface area contributed by atoms with Gasteiger partial charge in [0, 0.05) is 36.9 Å². The van der Waals surface area contributed by atoms with Crippen molar-refractivity contribution in [3.05, 3.63) is 181 Å². The average molecular weight is 669 g/mol. The third kappa shape index (κ3) is 5.74. The molecule has 0 aliphatic rings. The molecule has 51 heavy (non-hydrogen) atoms. The Kier molecular flexibility index (Phi) is 7.70. The molecule has 7 aromatic carbocycles. The summed E-state index contributed by atoms with van der Waals surface area (Å²) in [6.45, 7) is 7.68. The zero-order valence-corrected chi connectivity index (χ0v) is 28.2. The summed E-state index contributed by atoms with van der Waals surface area (Å²) < 4.78 is 2.41. The summed E-state index contributed by atoms with van der Waals surface area (Å²) in [5.41, 5.74) is 9.97. The summed E-state index contributed by atoms with van der Waals surface area (Å²) in [7, 11) is 0. The van der Waals surface area contributed by atoms with Gasteiger partial charge in [0.1, 0.15) is 0 Å². The topological polar surface area (TPSA) is 43.0 Å². The number of hydrogen-bond acceptors (Lipinski definition) is 4. The number of para-hydroxylation sites is 1. The molecule has 4 nitrogen and oxygen atoms in total. The monoisotopic (exact) mass is 668 g/mol. The lowest BCUT2D eigenvalue weighted by molar-refractivity contribution is 1.07. The van der Waals surface area contributed by atoms with Gasteiger partial charge < -0.3 is 0 Å². The number of rotatable bonds is 6. The van der Waals surface area contributed by atoms with Crippen LogP contribution in [0, 0.1) is 6.57 Å². The van der Waals surface area contributed by atoms with E-state index in [4.69, 9.17) is 21.5 Å². The molecule has 2 heterocycles. The Bertz CT molecular complexity index is 2760. The van der Waals surface area contributed by atoms with Crippen LogP contribution < -0.4 is 0 Å². The predicted molar refractivity (Wildman–Crippen MR) is 212 cm³/mol. The molecule has 5 heteroatoms. The Morgan fingerprint density at radius 1 is 0.392 bits per heavy atom. The number of nitrogens with zero attached hydrogens (tertiary/aromatic N) is 4. The van der Waals surface area contributed by atoms with Crippen LogP contribution in [0.15, 0.2) is 170 Å². The highest BCUT2D eigenvalue weighted by Crippen LogP contribution is 2.42. The fourth-order valence-electron chi connectivity index (χ4n) is 6.69. The first kappa shape index (κ1) is 30.3. The molecule has 238 valence electrons. The molecule has 0 aliphatic carbocycles. The molecule has 9 aromatic rings. The second-order valence-corrected chi connectivity index (χ2v) is 13.4. The van der Waals surface area contributed by atoms with Gasteiger partial charge >= 0.3 is 0 Å². The number of fused-ring (bicyclic) bond motifs is 3. The van der Waals surface area contributed by atoms with E-state index in [1.807, 2.05) is 72.8 Å². The van der Waals surface area contributed by atoms with E-state index in [-0.39, 0.29) is 0 Å². The van der Waals surface area contributed by atoms with E-state index in [1.165, 1.54) is 42.4 Å². The summed E-state index contributed by atoms with van der Waals surface area (Å²) in [4.78, 5) is 18.8. The summed E-state index contributed by atoms with van der Waals surface area (Å²) in [5, 5.41) is 2.47. The van der Waals surface area contributed by atoms with Crippen molar-refractivity contribution >= 4 is 37.2 Å². The molecule has 0 fully saturated rings. The van der Waals surface area contributed by atoms with Crippen molar-refractivity contribution in [1.29, 1.82) is 0 Å². The van der Waals surface area contributed by atoms with Crippen LogP contribution in [0.2, 0.25) is 0 Å². The summed E-state index contributed by atoms with van der Waals surface area (Å²) in [5.74, 6) is 1.80. The highest BCUT2D eigenvalue weighted by atomic mass is 32.1. The molecular weight excluding hydrogens is 641 g/mol. The van der Waals surface area contributed by atoms with E-state index >= 15 is 0 Å². The molecule has 9 rings (SSSR count). The molecule has 2 aromatic heterocycles. The lowest BCUT2D eigenvalue weighted by atomic mass is 9.96. The van der Waals surface area contributed by atoms with Crippen molar-refractivity contribution in [3.8, 4) is 67.5 Å². The Morgan fingerprint density at radius 2 is 0.922 bits per heavy atom. The molecule has 0 unspecified atom stereocenters. The third-order valence-corrected chi connectivity index (χ3v) is 10.3. The van der Waals surface area contributed by atoms with Gasteiger partial charge in [0.05, 0.1) is 6.57 Å². The molecule has 0 amide bonds. The van der Waals surface area contributed by atoms with Gasteiger partial charge in [0.25, 0.3) is 0 Å². The number of hydrogen-bond donors (Lipinski definition) is 0. The van der Waals surface area contributed by atoms with E-state index in [2.05, 4.69) is 102 Å². The van der Waals surface area contributed by atoms with E-state index < -0.39 is 0 Å². The minimum atomic E-state index is 0.581. The predicted octanol–water partition coefficient (Wildman–Crippen LogP) is 12.8. The minimum Gasteiger partial charge on any atom is -0.238 e. The Labute approximate surface area is 299 Å². The van der Waals surface area contributed by atoms with Crippen LogP contribution >= 0.6 is 11.3 Å². The second-order valence-electron chi connectivity index (χ2n) is 12.3. The van der Waals surface area contributed by atoms with Crippen LogP contribution in [0.1, 0.15) is 0 Å². The molecule has 0 radical (unpaired) electrons. The lowest BCUT2D eigenvalue weighted by Gasteiger charge is -2.10. The van der Waals surface area contributed by atoms with Gasteiger partial charge in [0.2, 0.25) is 0 Å². The number of thiophene rings is 1. The maximum atomic E-state index is 7.68. The molecular formula is C46H28N4S. The first-order chi connectivity index (χ1) is 25.2. The van der Waals surface area contributed by atoms with Crippen molar-refractivity contribution in [2.75, 3.05) is 0 Å². The third-order valence-electron chi connectivity index (χ3n) is 9.16. The van der Waals surface area contributed by atoms with Gasteiger partial charge in [0.15, 0.2) is 23.2 Å². The minimum absolute atomic E-state index is 0.581. The first-order valence-electron chi connectivity index (χ1n) is 16.7. The summed E-state index contributed by atoms with van der Waals surface area (Å²) in [6, 6.07) is 58.3. The van der Waals surface area contributed by atoms with Gasteiger partial charge in [-0.3, -0.25) is 0 Å². The van der Waals surface area contributed by atoms with Crippen molar-refractivity contribution in [2.45, 2.75) is 0 Å². The maximum absolute atomic E-state index is 7.68. The van der Waals surface area contributed by atoms with Crippen LogP contribution in [-0.4, -0.2) is 15.0 Å². The molecule has 0 saturated heterocycles. The normalized spacial score (nSPS) is 11.1. The fourth-order valence-corrected chi connectivity index (χ4v) is 7.87. The van der Waals surface area contributed by atoms with E-state index in [1.54, 1.807) is 11.3 Å². The lowest BCUT2D eigenvalue weighted by Crippen LogP contribution is -2.00. The Balaban J connectivity index is 1.17. The largest absolute Gasteiger partial charge is 0.238 e. The standard InChI is InChI=1S/C46H28N4S/c1-47-40-23-9-8-21-37(40)33-18-11-20-35(28-33)45-48-44(31-15-6-3-7-16-31)49-46(50-45)36-25-26-39-42(29-36)51-41-24-12-22-38(43(39)41)34-19-10-17-32(27-34)30-13-4-2-5-14-30/h2-29H. The zero-order valence-electron chi connectivity index (χ0n) is 27.4. The van der Waals surface area contributed by atoms with Crippen LogP contribution in [-0.2, 0) is 0 Å². The van der Waals surface area contributed by atoms with Gasteiger partial charge in [-0.15, -0.1) is 11.3 Å². The van der Waals surface area contributed by atoms with Crippen molar-refractivity contribution in [1.82, 2.24) is 15.0 Å². The number of benzene rings is 7. The smallest absolute Gasteiger partial charge is 0.194 e. The Morgan fingerprint density at radius 3 is 1.67 bits per heavy atom. The van der Waals surface area contributed by atoms with E-state index in [0.717, 1.165) is 27.8 Å². The first-order valence-corrected chi connectivity index (χ1v) is 17.5. The molecule has 0 N–H and O–H groups in total. The van der Waals surface area contributed by atoms with Gasteiger partial charge in [-0.2, -0.15) is 0 Å². The van der Waals surface area contributed by atoms with E-state index in [9.17, 15) is 0 Å². The molecule has 0 atom stereocenters. The molecule has 0 aliphatic heterocycles. The SMILES string of the molecule is [C-]#[N+]c1ccccc1-c1cccc(-c2nc(-c3ccccc3)nc(-c3ccc4c(c3)sc3cccc(-c5cccc(-c6ccccc6)c5)c34)n2)c1. The van der Waals surface area contributed by atoms with Crippen molar-refractivity contribution in [3.63, 3.8) is 0 Å². The van der Waals surface area contributed by atoms with Crippen molar-refractivity contribution < 1.29 is 0 Å². The van der Waals surface area contributed by atoms with Crippen LogP contribution in [0.5, 0.6) is 0 Å². The summed E-state index contributed by atoms with van der Waals surface area (Å²) >= 11 is 1.79.